The quantitative estimate of drug-likeness (QED) is 0.695. The highest BCUT2D eigenvalue weighted by molar-refractivity contribution is 5.76. The average Bonchev–Trinajstić information content (AvgIpc) is 2.70. The van der Waals surface area contributed by atoms with E-state index >= 15 is 0 Å². The molecule has 2 aromatic rings. The molecule has 2 amide bonds. The smallest absolute Gasteiger partial charge is 0.416 e. The first-order valence-corrected chi connectivity index (χ1v) is 9.43. The van der Waals surface area contributed by atoms with E-state index in [0.29, 0.717) is 23.2 Å². The molecule has 162 valence electrons. The second-order valence-corrected chi connectivity index (χ2v) is 6.90. The minimum Gasteiger partial charge on any atom is -0.469 e. The lowest BCUT2D eigenvalue weighted by Crippen LogP contribution is -2.37. The topological polar surface area (TPSA) is 58.6 Å². The maximum Gasteiger partial charge on any atom is 0.416 e. The fraction of sp³-hybridized carbons (Fsp3) is 0.364. The van der Waals surface area contributed by atoms with Gasteiger partial charge in [0.2, 0.25) is 0 Å². The molecule has 0 aliphatic heterocycles. The van der Waals surface area contributed by atoms with E-state index in [0.717, 1.165) is 17.7 Å². The molecule has 0 radical (unpaired) electrons. The Bertz CT molecular complexity index is 926. The zero-order valence-corrected chi connectivity index (χ0v) is 17.4. The number of hydrogen-bond acceptors (Lipinski definition) is 3. The molecule has 0 aromatic heterocycles. The number of benzene rings is 2. The molecule has 2 rings (SSSR count). The van der Waals surface area contributed by atoms with Gasteiger partial charge in [0.1, 0.15) is 0 Å². The van der Waals surface area contributed by atoms with Gasteiger partial charge in [-0.2, -0.15) is 13.2 Å². The minimum absolute atomic E-state index is 0.205. The third-order valence-corrected chi connectivity index (χ3v) is 4.71. The molecule has 8 heteroatoms. The Kier molecular flexibility index (Phi) is 7.48. The van der Waals surface area contributed by atoms with Gasteiger partial charge in [-0.25, -0.2) is 4.79 Å². The van der Waals surface area contributed by atoms with Crippen molar-refractivity contribution in [2.24, 2.45) is 0 Å². The van der Waals surface area contributed by atoms with E-state index in [4.69, 9.17) is 0 Å². The predicted octanol–water partition coefficient (Wildman–Crippen LogP) is 4.56. The number of ether oxygens (including phenoxy) is 1. The highest BCUT2D eigenvalue weighted by atomic mass is 19.4. The Balaban J connectivity index is 2.60. The molecule has 0 aliphatic carbocycles. The van der Waals surface area contributed by atoms with Crippen LogP contribution in [0.1, 0.15) is 29.2 Å². The number of amides is 2. The van der Waals surface area contributed by atoms with Gasteiger partial charge in [-0.05, 0) is 48.2 Å². The molecule has 0 unspecified atom stereocenters. The summed E-state index contributed by atoms with van der Waals surface area (Å²) < 4.78 is 45.1. The van der Waals surface area contributed by atoms with Crippen LogP contribution in [0, 0.1) is 6.92 Å². The Morgan fingerprint density at radius 3 is 2.40 bits per heavy atom. The molecule has 0 bridgehead atoms. The second-order valence-electron chi connectivity index (χ2n) is 6.90. The lowest BCUT2D eigenvalue weighted by Gasteiger charge is -2.23. The zero-order chi connectivity index (χ0) is 22.5. The highest BCUT2D eigenvalue weighted by Gasteiger charge is 2.31. The average molecular weight is 422 g/mol. The molecule has 30 heavy (non-hydrogen) atoms. The van der Waals surface area contributed by atoms with E-state index in [-0.39, 0.29) is 24.6 Å². The van der Waals surface area contributed by atoms with Gasteiger partial charge < -0.3 is 15.0 Å². The number of methoxy groups -OCH3 is 1. The maximum absolute atomic E-state index is 13.5. The number of nitrogens with zero attached hydrogens (tertiary/aromatic N) is 1. The van der Waals surface area contributed by atoms with Crippen LogP contribution in [0.4, 0.5) is 18.0 Å². The third-order valence-electron chi connectivity index (χ3n) is 4.71. The summed E-state index contributed by atoms with van der Waals surface area (Å²) >= 11 is 0. The van der Waals surface area contributed by atoms with E-state index in [1.165, 1.54) is 14.2 Å². The van der Waals surface area contributed by atoms with Gasteiger partial charge in [-0.1, -0.05) is 29.8 Å². The first-order valence-electron chi connectivity index (χ1n) is 9.43. The first-order chi connectivity index (χ1) is 14.1. The summed E-state index contributed by atoms with van der Waals surface area (Å²) in [4.78, 5) is 25.3. The van der Waals surface area contributed by atoms with Crippen LogP contribution in [0.15, 0.2) is 36.4 Å². The molecule has 0 aliphatic rings. The van der Waals surface area contributed by atoms with Crippen LogP contribution in [0.3, 0.4) is 0 Å². The van der Waals surface area contributed by atoms with Crippen molar-refractivity contribution >= 4 is 12.0 Å². The third kappa shape index (κ3) is 5.75. The lowest BCUT2D eigenvalue weighted by molar-refractivity contribution is -0.140. The Labute approximate surface area is 173 Å². The van der Waals surface area contributed by atoms with Crippen molar-refractivity contribution < 1.29 is 27.5 Å². The van der Waals surface area contributed by atoms with Crippen LogP contribution in [0.25, 0.3) is 11.1 Å². The highest BCUT2D eigenvalue weighted by Crippen LogP contribution is 2.35. The van der Waals surface area contributed by atoms with Crippen molar-refractivity contribution in [3.8, 4) is 11.1 Å². The van der Waals surface area contributed by atoms with Crippen molar-refractivity contribution in [1.29, 1.82) is 0 Å². The molecule has 0 atom stereocenters. The number of urea groups is 1. The molecule has 1 N–H and O–H groups in total. The fourth-order valence-corrected chi connectivity index (χ4v) is 3.18. The van der Waals surface area contributed by atoms with Crippen LogP contribution < -0.4 is 5.32 Å². The second kappa shape index (κ2) is 9.65. The summed E-state index contributed by atoms with van der Waals surface area (Å²) in [6.45, 7) is 4.36. The van der Waals surface area contributed by atoms with Crippen molar-refractivity contribution in [1.82, 2.24) is 10.2 Å². The van der Waals surface area contributed by atoms with E-state index in [9.17, 15) is 22.8 Å². The van der Waals surface area contributed by atoms with E-state index in [1.54, 1.807) is 23.1 Å². The van der Waals surface area contributed by atoms with Crippen LogP contribution in [-0.2, 0) is 28.7 Å². The van der Waals surface area contributed by atoms with E-state index < -0.39 is 17.7 Å². The number of carbonyl (C=O) groups excluding carboxylic acids is 2. The zero-order valence-electron chi connectivity index (χ0n) is 17.4. The molecule has 0 saturated carbocycles. The Morgan fingerprint density at radius 1 is 1.13 bits per heavy atom. The predicted molar refractivity (Wildman–Crippen MR) is 108 cm³/mol. The number of alkyl halides is 3. The van der Waals surface area contributed by atoms with Gasteiger partial charge in [0.05, 0.1) is 19.1 Å². The van der Waals surface area contributed by atoms with Gasteiger partial charge in [0.15, 0.2) is 0 Å². The number of carbonyl (C=O) groups is 2. The van der Waals surface area contributed by atoms with Crippen molar-refractivity contribution in [2.45, 2.75) is 33.0 Å². The molecular weight excluding hydrogens is 397 g/mol. The number of nitrogens with one attached hydrogen (secondary N) is 1. The Morgan fingerprint density at radius 2 is 1.83 bits per heavy atom. The normalized spacial score (nSPS) is 11.2. The maximum atomic E-state index is 13.5. The summed E-state index contributed by atoms with van der Waals surface area (Å²) in [5.41, 5.74) is 1.89. The molecule has 0 spiro atoms. The first kappa shape index (κ1) is 23.3. The summed E-state index contributed by atoms with van der Waals surface area (Å²) in [6.07, 6.45) is -4.84. The number of hydrogen-bond donors (Lipinski definition) is 1. The van der Waals surface area contributed by atoms with Crippen LogP contribution in [0.2, 0.25) is 0 Å². The number of halogens is 3. The summed E-state index contributed by atoms with van der Waals surface area (Å²) in [7, 11) is 2.71. The molecule has 2 aromatic carbocycles. The molecule has 0 heterocycles. The molecule has 0 saturated heterocycles. The summed E-state index contributed by atoms with van der Waals surface area (Å²) in [5.74, 6) is -0.624. The summed E-state index contributed by atoms with van der Waals surface area (Å²) in [6, 6.07) is 8.68. The van der Waals surface area contributed by atoms with Crippen molar-refractivity contribution in [3.63, 3.8) is 0 Å². The molecule has 5 nitrogen and oxygen atoms in total. The van der Waals surface area contributed by atoms with Crippen molar-refractivity contribution in [2.75, 3.05) is 20.7 Å². The fourth-order valence-electron chi connectivity index (χ4n) is 3.18. The van der Waals surface area contributed by atoms with Crippen LogP contribution >= 0.6 is 0 Å². The van der Waals surface area contributed by atoms with Crippen LogP contribution in [0.5, 0.6) is 0 Å². The molecular formula is C22H25F3N2O3. The monoisotopic (exact) mass is 422 g/mol. The number of rotatable bonds is 6. The standard InChI is InChI=1S/C22H25F3N2O3/c1-5-27(21(29)26-3)13-17-8-14(2)6-7-19(17)16-9-15(11-20(28)30-4)10-18(12-16)22(23,24)25/h6-10,12H,5,11,13H2,1-4H3,(H,26,29). The van der Waals surface area contributed by atoms with Gasteiger partial charge in [0.25, 0.3) is 0 Å². The van der Waals surface area contributed by atoms with Gasteiger partial charge in [-0.3, -0.25) is 4.79 Å². The summed E-state index contributed by atoms with van der Waals surface area (Å²) in [5, 5.41) is 2.56. The number of esters is 1. The van der Waals surface area contributed by atoms with Crippen molar-refractivity contribution in [3.05, 3.63) is 58.7 Å². The van der Waals surface area contributed by atoms with Gasteiger partial charge >= 0.3 is 18.2 Å². The minimum atomic E-state index is -4.57. The van der Waals surface area contributed by atoms with Crippen LogP contribution in [-0.4, -0.2) is 37.6 Å². The SMILES string of the molecule is CCN(Cc1cc(C)ccc1-c1cc(CC(=O)OC)cc(C(F)(F)F)c1)C(=O)NC. The molecule has 0 fully saturated rings. The van der Waals surface area contributed by atoms with Gasteiger partial charge in [-0.15, -0.1) is 0 Å². The lowest BCUT2D eigenvalue weighted by atomic mass is 9.93. The van der Waals surface area contributed by atoms with E-state index in [2.05, 4.69) is 10.1 Å². The number of aryl methyl sites for hydroxylation is 1. The largest absolute Gasteiger partial charge is 0.469 e. The van der Waals surface area contributed by atoms with E-state index in [1.807, 2.05) is 19.9 Å². The van der Waals surface area contributed by atoms with Gasteiger partial charge in [0, 0.05) is 20.1 Å². The Hall–Kier alpha value is -3.03.